The van der Waals surface area contributed by atoms with Crippen molar-refractivity contribution in [2.45, 2.75) is 19.4 Å². The van der Waals surface area contributed by atoms with Gasteiger partial charge in [0, 0.05) is 5.02 Å². The van der Waals surface area contributed by atoms with Gasteiger partial charge in [0.2, 0.25) is 0 Å². The van der Waals surface area contributed by atoms with Crippen molar-refractivity contribution in [1.82, 2.24) is 0 Å². The number of esters is 1. The summed E-state index contributed by atoms with van der Waals surface area (Å²) >= 11 is 5.92. The Labute approximate surface area is 116 Å². The van der Waals surface area contributed by atoms with Crippen molar-refractivity contribution in [3.63, 3.8) is 0 Å². The lowest BCUT2D eigenvalue weighted by Crippen LogP contribution is -2.54. The molecule has 0 radical (unpaired) electrons. The summed E-state index contributed by atoms with van der Waals surface area (Å²) < 4.78 is 10.2. The Morgan fingerprint density at radius 3 is 2.79 bits per heavy atom. The SMILES string of the molecule is COC(=O)CN1C(=O)C(C)(C)Oc2ccc(Cl)cc21. The lowest BCUT2D eigenvalue weighted by Gasteiger charge is -2.38. The number of nitrogens with zero attached hydrogens (tertiary/aromatic N) is 1. The summed E-state index contributed by atoms with van der Waals surface area (Å²) in [4.78, 5) is 25.1. The van der Waals surface area contributed by atoms with Crippen LogP contribution in [0.4, 0.5) is 5.69 Å². The first-order valence-electron chi connectivity index (χ1n) is 5.72. The van der Waals surface area contributed by atoms with E-state index < -0.39 is 11.6 Å². The molecule has 1 aliphatic heterocycles. The van der Waals surface area contributed by atoms with E-state index in [0.29, 0.717) is 16.5 Å². The third kappa shape index (κ3) is 2.51. The first-order valence-corrected chi connectivity index (χ1v) is 6.10. The molecule has 0 saturated carbocycles. The molecular weight excluding hydrogens is 270 g/mol. The van der Waals surface area contributed by atoms with Crippen LogP contribution in [0.15, 0.2) is 18.2 Å². The normalized spacial score (nSPS) is 16.6. The van der Waals surface area contributed by atoms with Gasteiger partial charge in [-0.1, -0.05) is 11.6 Å². The van der Waals surface area contributed by atoms with Gasteiger partial charge in [-0.05, 0) is 32.0 Å². The van der Waals surface area contributed by atoms with E-state index in [0.717, 1.165) is 0 Å². The van der Waals surface area contributed by atoms with E-state index in [4.69, 9.17) is 16.3 Å². The molecule has 0 atom stereocenters. The molecule has 1 amide bonds. The van der Waals surface area contributed by atoms with Gasteiger partial charge in [0.25, 0.3) is 5.91 Å². The minimum absolute atomic E-state index is 0.171. The zero-order valence-corrected chi connectivity index (χ0v) is 11.7. The number of carbonyl (C=O) groups is 2. The summed E-state index contributed by atoms with van der Waals surface area (Å²) in [5.74, 6) is -0.303. The molecule has 6 heteroatoms. The number of hydrogen-bond donors (Lipinski definition) is 0. The van der Waals surface area contributed by atoms with Crippen LogP contribution in [0.2, 0.25) is 5.02 Å². The predicted molar refractivity (Wildman–Crippen MR) is 70.5 cm³/mol. The Kier molecular flexibility index (Phi) is 3.41. The van der Waals surface area contributed by atoms with E-state index in [2.05, 4.69) is 4.74 Å². The molecule has 1 aromatic carbocycles. The van der Waals surface area contributed by atoms with E-state index in [1.165, 1.54) is 12.0 Å². The molecule has 1 aliphatic rings. The lowest BCUT2D eigenvalue weighted by molar-refractivity contribution is -0.142. The van der Waals surface area contributed by atoms with Gasteiger partial charge in [0.1, 0.15) is 12.3 Å². The number of fused-ring (bicyclic) bond motifs is 1. The maximum atomic E-state index is 12.3. The second-order valence-corrected chi connectivity index (χ2v) is 5.13. The highest BCUT2D eigenvalue weighted by Crippen LogP contribution is 2.39. The standard InChI is InChI=1S/C13H14ClNO4/c1-13(2)12(17)15(7-11(16)18-3)9-6-8(14)4-5-10(9)19-13/h4-6H,7H2,1-3H3. The van der Waals surface area contributed by atoms with E-state index in [-0.39, 0.29) is 12.5 Å². The van der Waals surface area contributed by atoms with Gasteiger partial charge < -0.3 is 9.47 Å². The van der Waals surface area contributed by atoms with Crippen LogP contribution in [0.25, 0.3) is 0 Å². The molecule has 2 rings (SSSR count). The maximum Gasteiger partial charge on any atom is 0.325 e. The van der Waals surface area contributed by atoms with Crippen molar-refractivity contribution in [2.24, 2.45) is 0 Å². The van der Waals surface area contributed by atoms with Gasteiger partial charge in [0.15, 0.2) is 5.60 Å². The van der Waals surface area contributed by atoms with Crippen LogP contribution in [0.3, 0.4) is 0 Å². The minimum atomic E-state index is -1.03. The number of ether oxygens (including phenoxy) is 2. The van der Waals surface area contributed by atoms with Crippen molar-refractivity contribution in [2.75, 3.05) is 18.6 Å². The zero-order valence-electron chi connectivity index (χ0n) is 10.9. The molecule has 0 bridgehead atoms. The number of halogens is 1. The zero-order chi connectivity index (χ0) is 14.2. The first kappa shape index (κ1) is 13.7. The number of anilines is 1. The third-order valence-corrected chi connectivity index (χ3v) is 3.09. The molecule has 0 unspecified atom stereocenters. The first-order chi connectivity index (χ1) is 8.85. The third-order valence-electron chi connectivity index (χ3n) is 2.85. The molecule has 0 saturated heterocycles. The monoisotopic (exact) mass is 283 g/mol. The van der Waals surface area contributed by atoms with Crippen LogP contribution >= 0.6 is 11.6 Å². The fourth-order valence-corrected chi connectivity index (χ4v) is 2.06. The predicted octanol–water partition coefficient (Wildman–Crippen LogP) is 2.02. The van der Waals surface area contributed by atoms with Gasteiger partial charge >= 0.3 is 5.97 Å². The highest BCUT2D eigenvalue weighted by molar-refractivity contribution is 6.31. The summed E-state index contributed by atoms with van der Waals surface area (Å²) in [5.41, 5.74) is -0.559. The van der Waals surface area contributed by atoms with Crippen LogP contribution in [-0.4, -0.2) is 31.1 Å². The molecule has 102 valence electrons. The van der Waals surface area contributed by atoms with E-state index in [9.17, 15) is 9.59 Å². The van der Waals surface area contributed by atoms with Crippen molar-refractivity contribution in [1.29, 1.82) is 0 Å². The molecule has 0 fully saturated rings. The topological polar surface area (TPSA) is 55.8 Å². The van der Waals surface area contributed by atoms with Gasteiger partial charge in [-0.25, -0.2) is 0 Å². The summed E-state index contributed by atoms with van der Waals surface area (Å²) in [6.45, 7) is 3.13. The number of amides is 1. The summed E-state index contributed by atoms with van der Waals surface area (Å²) in [5, 5.41) is 0.463. The largest absolute Gasteiger partial charge is 0.476 e. The maximum absolute atomic E-state index is 12.3. The van der Waals surface area contributed by atoms with Gasteiger partial charge in [-0.3, -0.25) is 14.5 Å². The van der Waals surface area contributed by atoms with Crippen LogP contribution in [-0.2, 0) is 14.3 Å². The molecule has 0 aliphatic carbocycles. The molecular formula is C13H14ClNO4. The Morgan fingerprint density at radius 1 is 1.47 bits per heavy atom. The Morgan fingerprint density at radius 2 is 2.16 bits per heavy atom. The highest BCUT2D eigenvalue weighted by Gasteiger charge is 2.41. The molecule has 0 aromatic heterocycles. The highest BCUT2D eigenvalue weighted by atomic mass is 35.5. The summed E-state index contributed by atoms with van der Waals surface area (Å²) in [6.07, 6.45) is 0. The van der Waals surface area contributed by atoms with Gasteiger partial charge in [0.05, 0.1) is 12.8 Å². The fourth-order valence-electron chi connectivity index (χ4n) is 1.89. The summed E-state index contributed by atoms with van der Waals surface area (Å²) in [6, 6.07) is 4.94. The number of rotatable bonds is 2. The average Bonchev–Trinajstić information content (AvgIpc) is 2.35. The van der Waals surface area contributed by atoms with Crippen LogP contribution in [0, 0.1) is 0 Å². The second-order valence-electron chi connectivity index (χ2n) is 4.69. The quantitative estimate of drug-likeness (QED) is 0.779. The number of hydrogen-bond acceptors (Lipinski definition) is 4. The fraction of sp³-hybridized carbons (Fsp3) is 0.385. The smallest absolute Gasteiger partial charge is 0.325 e. The van der Waals surface area contributed by atoms with Gasteiger partial charge in [-0.2, -0.15) is 0 Å². The molecule has 0 N–H and O–H groups in total. The van der Waals surface area contributed by atoms with Crippen molar-refractivity contribution in [3.8, 4) is 5.75 Å². The molecule has 19 heavy (non-hydrogen) atoms. The lowest BCUT2D eigenvalue weighted by atomic mass is 10.0. The van der Waals surface area contributed by atoms with Crippen molar-refractivity contribution < 1.29 is 19.1 Å². The van der Waals surface area contributed by atoms with Crippen LogP contribution in [0.1, 0.15) is 13.8 Å². The summed E-state index contributed by atoms with van der Waals surface area (Å²) in [7, 11) is 1.28. The molecule has 0 spiro atoms. The number of carbonyl (C=O) groups excluding carboxylic acids is 2. The number of methoxy groups -OCH3 is 1. The van der Waals surface area contributed by atoms with Crippen LogP contribution < -0.4 is 9.64 Å². The Hall–Kier alpha value is -1.75. The van der Waals surface area contributed by atoms with Crippen LogP contribution in [0.5, 0.6) is 5.75 Å². The van der Waals surface area contributed by atoms with E-state index in [1.54, 1.807) is 32.0 Å². The Balaban J connectivity index is 2.47. The molecule has 5 nitrogen and oxygen atoms in total. The van der Waals surface area contributed by atoms with E-state index >= 15 is 0 Å². The minimum Gasteiger partial charge on any atom is -0.476 e. The molecule has 1 aromatic rings. The van der Waals surface area contributed by atoms with Crippen molar-refractivity contribution in [3.05, 3.63) is 23.2 Å². The van der Waals surface area contributed by atoms with E-state index in [1.807, 2.05) is 0 Å². The second kappa shape index (κ2) is 4.74. The Bertz CT molecular complexity index is 541. The molecule has 1 heterocycles. The average molecular weight is 284 g/mol. The van der Waals surface area contributed by atoms with Gasteiger partial charge in [-0.15, -0.1) is 0 Å². The number of benzene rings is 1. The van der Waals surface area contributed by atoms with Crippen molar-refractivity contribution >= 4 is 29.2 Å².